The first-order valence-electron chi connectivity index (χ1n) is 12.7. The number of ether oxygens (including phenoxy) is 3. The highest BCUT2D eigenvalue weighted by molar-refractivity contribution is 8.16. The quantitative estimate of drug-likeness (QED) is 0.435. The number of esters is 1. The lowest BCUT2D eigenvalue weighted by Gasteiger charge is -2.37. The van der Waals surface area contributed by atoms with Crippen molar-refractivity contribution in [3.05, 3.63) is 76.3 Å². The van der Waals surface area contributed by atoms with E-state index in [0.717, 1.165) is 29.7 Å². The number of amides is 1. The molecule has 1 amide bonds. The summed E-state index contributed by atoms with van der Waals surface area (Å²) in [6, 6.07) is 14.5. The normalized spacial score (nSPS) is 18.4. The Morgan fingerprint density at radius 1 is 1.11 bits per heavy atom. The van der Waals surface area contributed by atoms with E-state index in [-0.39, 0.29) is 18.9 Å². The largest absolute Gasteiger partial charge is 0.497 e. The predicted octanol–water partition coefficient (Wildman–Crippen LogP) is 4.90. The van der Waals surface area contributed by atoms with Gasteiger partial charge >= 0.3 is 5.97 Å². The molecule has 0 spiro atoms. The minimum atomic E-state index is -0.630. The van der Waals surface area contributed by atoms with Gasteiger partial charge in [0, 0.05) is 29.4 Å². The van der Waals surface area contributed by atoms with Crippen LogP contribution in [0.4, 0.5) is 0 Å². The maximum atomic E-state index is 13.6. The molecule has 2 aromatic carbocycles. The maximum Gasteiger partial charge on any atom is 0.338 e. The molecule has 1 saturated carbocycles. The average Bonchev–Trinajstić information content (AvgIpc) is 3.70. The Morgan fingerprint density at radius 3 is 2.58 bits per heavy atom. The summed E-state index contributed by atoms with van der Waals surface area (Å²) in [5.41, 5.74) is 3.23. The lowest BCUT2D eigenvalue weighted by molar-refractivity contribution is -0.139. The van der Waals surface area contributed by atoms with Crippen LogP contribution < -0.4 is 14.8 Å². The van der Waals surface area contributed by atoms with Gasteiger partial charge in [-0.2, -0.15) is 0 Å². The van der Waals surface area contributed by atoms with E-state index in [1.807, 2.05) is 52.8 Å². The SMILES string of the molecule is CCOC(=O)C1=C(c2ccccc2)N=C2SC=C(CC(=O)NCC3CC3)N2C1c1ccc(OC)cc1OC. The van der Waals surface area contributed by atoms with Crippen LogP contribution in [0.2, 0.25) is 0 Å². The van der Waals surface area contributed by atoms with E-state index < -0.39 is 12.0 Å². The summed E-state index contributed by atoms with van der Waals surface area (Å²) in [5.74, 6) is 1.25. The van der Waals surface area contributed by atoms with Crippen LogP contribution in [0, 0.1) is 5.92 Å². The molecular weight excluding hydrogens is 502 g/mol. The number of amidine groups is 1. The van der Waals surface area contributed by atoms with Gasteiger partial charge in [-0.25, -0.2) is 9.79 Å². The number of carbonyl (C=O) groups is 2. The first-order chi connectivity index (χ1) is 18.5. The van der Waals surface area contributed by atoms with Crippen LogP contribution in [0.1, 0.15) is 43.4 Å². The van der Waals surface area contributed by atoms with Crippen molar-refractivity contribution >= 4 is 34.5 Å². The van der Waals surface area contributed by atoms with Crippen molar-refractivity contribution in [1.29, 1.82) is 0 Å². The molecule has 3 aliphatic rings. The van der Waals surface area contributed by atoms with Gasteiger partial charge in [-0.15, -0.1) is 0 Å². The minimum absolute atomic E-state index is 0.0547. The Bertz CT molecular complexity index is 1320. The van der Waals surface area contributed by atoms with Crippen molar-refractivity contribution in [1.82, 2.24) is 10.2 Å². The van der Waals surface area contributed by atoms with Crippen LogP contribution in [-0.2, 0) is 14.3 Å². The summed E-state index contributed by atoms with van der Waals surface area (Å²) < 4.78 is 16.8. The van der Waals surface area contributed by atoms with Gasteiger partial charge in [-0.05, 0) is 43.2 Å². The van der Waals surface area contributed by atoms with Gasteiger partial charge in [-0.3, -0.25) is 4.79 Å². The number of nitrogens with zero attached hydrogens (tertiary/aromatic N) is 2. The van der Waals surface area contributed by atoms with Crippen molar-refractivity contribution < 1.29 is 23.8 Å². The number of aliphatic imine (C=N–C) groups is 1. The lowest BCUT2D eigenvalue weighted by Crippen LogP contribution is -2.38. The molecule has 1 N–H and O–H groups in total. The first kappa shape index (κ1) is 25.9. The number of rotatable bonds is 10. The van der Waals surface area contributed by atoms with E-state index >= 15 is 0 Å². The van der Waals surface area contributed by atoms with E-state index in [1.165, 1.54) is 11.8 Å². The summed E-state index contributed by atoms with van der Waals surface area (Å²) in [4.78, 5) is 33.4. The smallest absolute Gasteiger partial charge is 0.338 e. The average molecular weight is 534 g/mol. The molecule has 2 heterocycles. The van der Waals surface area contributed by atoms with E-state index in [2.05, 4.69) is 5.32 Å². The molecule has 5 rings (SSSR count). The van der Waals surface area contributed by atoms with Gasteiger partial charge < -0.3 is 24.4 Å². The first-order valence-corrected chi connectivity index (χ1v) is 13.6. The molecule has 1 unspecified atom stereocenters. The highest BCUT2D eigenvalue weighted by atomic mass is 32.2. The number of nitrogens with one attached hydrogen (secondary N) is 1. The number of carbonyl (C=O) groups excluding carboxylic acids is 2. The van der Waals surface area contributed by atoms with E-state index in [0.29, 0.717) is 40.4 Å². The van der Waals surface area contributed by atoms with Gasteiger partial charge in [0.05, 0.1) is 44.6 Å². The molecule has 8 nitrogen and oxygen atoms in total. The highest BCUT2D eigenvalue weighted by Gasteiger charge is 2.43. The topological polar surface area (TPSA) is 89.5 Å². The lowest BCUT2D eigenvalue weighted by atomic mass is 9.90. The third kappa shape index (κ3) is 5.29. The van der Waals surface area contributed by atoms with Crippen LogP contribution >= 0.6 is 11.8 Å². The Kier molecular flexibility index (Phi) is 7.74. The summed E-state index contributed by atoms with van der Waals surface area (Å²) in [7, 11) is 3.18. The second-order valence-electron chi connectivity index (χ2n) is 9.27. The van der Waals surface area contributed by atoms with Gasteiger partial charge in [0.1, 0.15) is 11.5 Å². The molecular formula is C29H31N3O5S. The fraction of sp³-hybridized carbons (Fsp3) is 0.345. The zero-order valence-corrected chi connectivity index (χ0v) is 22.5. The molecule has 1 atom stereocenters. The zero-order chi connectivity index (χ0) is 26.6. The second kappa shape index (κ2) is 11.3. The van der Waals surface area contributed by atoms with Crippen molar-refractivity contribution in [2.45, 2.75) is 32.2 Å². The molecule has 9 heteroatoms. The number of methoxy groups -OCH3 is 2. The highest BCUT2D eigenvalue weighted by Crippen LogP contribution is 2.49. The minimum Gasteiger partial charge on any atom is -0.497 e. The third-order valence-electron chi connectivity index (χ3n) is 6.71. The van der Waals surface area contributed by atoms with Crippen LogP contribution in [0.15, 0.2) is 70.2 Å². The van der Waals surface area contributed by atoms with Gasteiger partial charge in [0.2, 0.25) is 5.91 Å². The van der Waals surface area contributed by atoms with E-state index in [1.54, 1.807) is 27.2 Å². The Hall–Kier alpha value is -3.72. The zero-order valence-electron chi connectivity index (χ0n) is 21.7. The molecule has 2 aromatic rings. The van der Waals surface area contributed by atoms with E-state index in [4.69, 9.17) is 19.2 Å². The number of hydrogen-bond acceptors (Lipinski definition) is 8. The molecule has 1 fully saturated rings. The van der Waals surface area contributed by atoms with Crippen molar-refractivity contribution in [2.24, 2.45) is 10.9 Å². The fourth-order valence-electron chi connectivity index (χ4n) is 4.63. The fourth-order valence-corrected chi connectivity index (χ4v) is 5.55. The Morgan fingerprint density at radius 2 is 1.89 bits per heavy atom. The molecule has 38 heavy (non-hydrogen) atoms. The van der Waals surface area contributed by atoms with Crippen LogP contribution in [0.3, 0.4) is 0 Å². The number of hydrogen-bond donors (Lipinski definition) is 1. The summed E-state index contributed by atoms with van der Waals surface area (Å²) in [5, 5.41) is 5.67. The summed E-state index contributed by atoms with van der Waals surface area (Å²) in [6.45, 7) is 2.69. The van der Waals surface area contributed by atoms with Crippen LogP contribution in [0.5, 0.6) is 11.5 Å². The maximum absolute atomic E-state index is 13.6. The van der Waals surface area contributed by atoms with Crippen LogP contribution in [-0.4, -0.2) is 49.3 Å². The Labute approximate surface area is 226 Å². The third-order valence-corrected chi connectivity index (χ3v) is 7.60. The van der Waals surface area contributed by atoms with Crippen LogP contribution in [0.25, 0.3) is 5.70 Å². The number of fused-ring (bicyclic) bond motifs is 1. The second-order valence-corrected chi connectivity index (χ2v) is 10.1. The van der Waals surface area contributed by atoms with Gasteiger partial charge in [-0.1, -0.05) is 42.1 Å². The summed E-state index contributed by atoms with van der Waals surface area (Å²) >= 11 is 1.44. The Balaban J connectivity index is 1.63. The number of benzene rings is 2. The van der Waals surface area contributed by atoms with Crippen molar-refractivity contribution in [3.63, 3.8) is 0 Å². The monoisotopic (exact) mass is 533 g/mol. The molecule has 0 aromatic heterocycles. The van der Waals surface area contributed by atoms with E-state index in [9.17, 15) is 9.59 Å². The molecule has 1 aliphatic carbocycles. The van der Waals surface area contributed by atoms with Crippen molar-refractivity contribution in [2.75, 3.05) is 27.4 Å². The standard InChI is InChI=1S/C29H31N3O5S/c1-4-37-28(34)25-26(19-8-6-5-7-9-19)31-29-32(20(17-38-29)14-24(33)30-16-18-10-11-18)27(25)22-13-12-21(35-2)15-23(22)36-3/h5-9,12-13,15,17-18,27H,4,10-11,14,16H2,1-3H3,(H,30,33). The molecule has 0 bridgehead atoms. The summed E-state index contributed by atoms with van der Waals surface area (Å²) in [6.07, 6.45) is 2.50. The van der Waals surface area contributed by atoms with Gasteiger partial charge in [0.15, 0.2) is 5.17 Å². The van der Waals surface area contributed by atoms with Crippen molar-refractivity contribution in [3.8, 4) is 11.5 Å². The predicted molar refractivity (Wildman–Crippen MR) is 148 cm³/mol. The molecule has 2 aliphatic heterocycles. The van der Waals surface area contributed by atoms with Gasteiger partial charge in [0.25, 0.3) is 0 Å². The molecule has 198 valence electrons. The number of thioether (sulfide) groups is 1. The molecule has 0 saturated heterocycles. The molecule has 0 radical (unpaired) electrons.